The second-order valence-electron chi connectivity index (χ2n) is 4.80. The summed E-state index contributed by atoms with van der Waals surface area (Å²) in [6, 6.07) is 13.2. The van der Waals surface area contributed by atoms with Crippen molar-refractivity contribution in [2.24, 2.45) is 0 Å². The minimum Gasteiger partial charge on any atom is -0.496 e. The highest BCUT2D eigenvalue weighted by Crippen LogP contribution is 2.24. The Bertz CT molecular complexity index is 689. The summed E-state index contributed by atoms with van der Waals surface area (Å²) in [6.45, 7) is 2.33. The van der Waals surface area contributed by atoms with E-state index in [1.165, 1.54) is 0 Å². The SMILES string of the molecule is COc1ccc(/C=C/C(=O)O)cc1COc1ccccc1C. The van der Waals surface area contributed by atoms with E-state index in [0.29, 0.717) is 12.4 Å². The Labute approximate surface area is 129 Å². The molecule has 2 aromatic carbocycles. The van der Waals surface area contributed by atoms with Gasteiger partial charge in [-0.1, -0.05) is 24.3 Å². The van der Waals surface area contributed by atoms with Crippen LogP contribution in [-0.2, 0) is 11.4 Å². The molecule has 22 heavy (non-hydrogen) atoms. The molecule has 4 nitrogen and oxygen atoms in total. The average molecular weight is 298 g/mol. The van der Waals surface area contributed by atoms with Crippen LogP contribution in [0.25, 0.3) is 6.08 Å². The monoisotopic (exact) mass is 298 g/mol. The molecule has 0 aliphatic carbocycles. The van der Waals surface area contributed by atoms with E-state index in [1.807, 2.05) is 37.3 Å². The highest BCUT2D eigenvalue weighted by atomic mass is 16.5. The third kappa shape index (κ3) is 4.12. The number of carboxylic acid groups (broad SMARTS) is 1. The molecule has 114 valence electrons. The fourth-order valence-electron chi connectivity index (χ4n) is 2.06. The van der Waals surface area contributed by atoms with E-state index >= 15 is 0 Å². The third-order valence-electron chi connectivity index (χ3n) is 3.20. The summed E-state index contributed by atoms with van der Waals surface area (Å²) in [4.78, 5) is 10.6. The normalized spacial score (nSPS) is 10.6. The molecule has 0 saturated carbocycles. The molecule has 0 radical (unpaired) electrons. The first-order chi connectivity index (χ1) is 10.6. The maximum absolute atomic E-state index is 10.6. The number of ether oxygens (including phenoxy) is 2. The highest BCUT2D eigenvalue weighted by molar-refractivity contribution is 5.85. The largest absolute Gasteiger partial charge is 0.496 e. The van der Waals surface area contributed by atoms with Gasteiger partial charge in [0.2, 0.25) is 0 Å². The Morgan fingerprint density at radius 2 is 1.95 bits per heavy atom. The van der Waals surface area contributed by atoms with Gasteiger partial charge in [-0.3, -0.25) is 0 Å². The Balaban J connectivity index is 2.19. The number of para-hydroxylation sites is 1. The van der Waals surface area contributed by atoms with Crippen molar-refractivity contribution >= 4 is 12.0 Å². The topological polar surface area (TPSA) is 55.8 Å². The molecule has 0 spiro atoms. The number of carboxylic acids is 1. The number of hydrogen-bond donors (Lipinski definition) is 1. The van der Waals surface area contributed by atoms with Crippen molar-refractivity contribution in [2.45, 2.75) is 13.5 Å². The first-order valence-electron chi connectivity index (χ1n) is 6.86. The Hall–Kier alpha value is -2.75. The van der Waals surface area contributed by atoms with Crippen molar-refractivity contribution in [1.82, 2.24) is 0 Å². The molecule has 0 unspecified atom stereocenters. The van der Waals surface area contributed by atoms with E-state index < -0.39 is 5.97 Å². The molecular formula is C18H18O4. The zero-order chi connectivity index (χ0) is 15.9. The minimum atomic E-state index is -0.978. The van der Waals surface area contributed by atoms with Gasteiger partial charge >= 0.3 is 5.97 Å². The van der Waals surface area contributed by atoms with Crippen LogP contribution in [0.1, 0.15) is 16.7 Å². The van der Waals surface area contributed by atoms with Crippen LogP contribution in [0.15, 0.2) is 48.5 Å². The van der Waals surface area contributed by atoms with Crippen molar-refractivity contribution in [3.63, 3.8) is 0 Å². The van der Waals surface area contributed by atoms with Crippen LogP contribution in [0.5, 0.6) is 11.5 Å². The molecule has 4 heteroatoms. The van der Waals surface area contributed by atoms with Gasteiger partial charge in [0, 0.05) is 11.6 Å². The van der Waals surface area contributed by atoms with Gasteiger partial charge in [-0.2, -0.15) is 0 Å². The second-order valence-corrected chi connectivity index (χ2v) is 4.80. The molecule has 0 aliphatic rings. The summed E-state index contributed by atoms with van der Waals surface area (Å²) in [7, 11) is 1.60. The molecule has 0 amide bonds. The molecule has 0 bridgehead atoms. The number of carbonyl (C=O) groups is 1. The third-order valence-corrected chi connectivity index (χ3v) is 3.20. The number of aliphatic carboxylic acids is 1. The zero-order valence-corrected chi connectivity index (χ0v) is 12.6. The van der Waals surface area contributed by atoms with Gasteiger partial charge in [0.05, 0.1) is 7.11 Å². The second kappa shape index (κ2) is 7.31. The number of rotatable bonds is 6. The van der Waals surface area contributed by atoms with Gasteiger partial charge in [-0.25, -0.2) is 4.79 Å². The lowest BCUT2D eigenvalue weighted by Crippen LogP contribution is -2.00. The fraction of sp³-hybridized carbons (Fsp3) is 0.167. The lowest BCUT2D eigenvalue weighted by molar-refractivity contribution is -0.131. The van der Waals surface area contributed by atoms with Crippen LogP contribution in [0, 0.1) is 6.92 Å². The number of hydrogen-bond acceptors (Lipinski definition) is 3. The van der Waals surface area contributed by atoms with E-state index in [4.69, 9.17) is 14.6 Å². The van der Waals surface area contributed by atoms with Crippen LogP contribution in [0.4, 0.5) is 0 Å². The Morgan fingerprint density at radius 1 is 1.18 bits per heavy atom. The van der Waals surface area contributed by atoms with Crippen LogP contribution in [-0.4, -0.2) is 18.2 Å². The number of benzene rings is 2. The predicted molar refractivity (Wildman–Crippen MR) is 85.2 cm³/mol. The average Bonchev–Trinajstić information content (AvgIpc) is 2.52. The van der Waals surface area contributed by atoms with Gasteiger partial charge in [0.25, 0.3) is 0 Å². The summed E-state index contributed by atoms with van der Waals surface area (Å²) in [5.74, 6) is 0.547. The van der Waals surface area contributed by atoms with E-state index in [9.17, 15) is 4.79 Å². The van der Waals surface area contributed by atoms with Crippen LogP contribution >= 0.6 is 0 Å². The summed E-state index contributed by atoms with van der Waals surface area (Å²) in [5.41, 5.74) is 2.70. The van der Waals surface area contributed by atoms with Crippen LogP contribution in [0.3, 0.4) is 0 Å². The summed E-state index contributed by atoms with van der Waals surface area (Å²) < 4.78 is 11.1. The van der Waals surface area contributed by atoms with Gasteiger partial charge in [0.15, 0.2) is 0 Å². The van der Waals surface area contributed by atoms with Gasteiger partial charge in [0.1, 0.15) is 18.1 Å². The minimum absolute atomic E-state index is 0.350. The lowest BCUT2D eigenvalue weighted by Gasteiger charge is -2.12. The lowest BCUT2D eigenvalue weighted by atomic mass is 10.1. The van der Waals surface area contributed by atoms with Crippen LogP contribution in [0.2, 0.25) is 0 Å². The number of aryl methyl sites for hydroxylation is 1. The molecule has 0 aromatic heterocycles. The Morgan fingerprint density at radius 3 is 2.64 bits per heavy atom. The maximum Gasteiger partial charge on any atom is 0.328 e. The molecule has 0 saturated heterocycles. The van der Waals surface area contributed by atoms with Crippen LogP contribution < -0.4 is 9.47 Å². The van der Waals surface area contributed by atoms with Crippen molar-refractivity contribution in [2.75, 3.05) is 7.11 Å². The standard InChI is InChI=1S/C18H18O4/c1-13-5-3-4-6-16(13)22-12-15-11-14(8-10-18(19)20)7-9-17(15)21-2/h3-11H,12H2,1-2H3,(H,19,20)/b10-8+. The summed E-state index contributed by atoms with van der Waals surface area (Å²) in [5, 5.41) is 8.69. The summed E-state index contributed by atoms with van der Waals surface area (Å²) in [6.07, 6.45) is 2.65. The summed E-state index contributed by atoms with van der Waals surface area (Å²) >= 11 is 0. The Kier molecular flexibility index (Phi) is 5.20. The molecule has 1 N–H and O–H groups in total. The van der Waals surface area contributed by atoms with Gasteiger partial charge < -0.3 is 14.6 Å². The van der Waals surface area contributed by atoms with Crippen molar-refractivity contribution in [1.29, 1.82) is 0 Å². The molecule has 2 rings (SSSR count). The number of methoxy groups -OCH3 is 1. The smallest absolute Gasteiger partial charge is 0.328 e. The van der Waals surface area contributed by atoms with Gasteiger partial charge in [-0.15, -0.1) is 0 Å². The van der Waals surface area contributed by atoms with E-state index in [2.05, 4.69) is 0 Å². The molecular weight excluding hydrogens is 280 g/mol. The molecule has 0 heterocycles. The molecule has 0 aliphatic heterocycles. The molecule has 0 fully saturated rings. The van der Waals surface area contributed by atoms with E-state index in [0.717, 1.165) is 28.5 Å². The molecule has 2 aromatic rings. The van der Waals surface area contributed by atoms with Crippen molar-refractivity contribution in [3.8, 4) is 11.5 Å². The van der Waals surface area contributed by atoms with Gasteiger partial charge in [-0.05, 0) is 42.3 Å². The van der Waals surface area contributed by atoms with E-state index in [1.54, 1.807) is 25.3 Å². The highest BCUT2D eigenvalue weighted by Gasteiger charge is 2.06. The van der Waals surface area contributed by atoms with Crippen molar-refractivity contribution in [3.05, 3.63) is 65.2 Å². The quantitative estimate of drug-likeness (QED) is 0.827. The first-order valence-corrected chi connectivity index (χ1v) is 6.86. The predicted octanol–water partition coefficient (Wildman–Crippen LogP) is 3.68. The molecule has 0 atom stereocenters. The van der Waals surface area contributed by atoms with E-state index in [-0.39, 0.29) is 0 Å². The fourth-order valence-corrected chi connectivity index (χ4v) is 2.06. The van der Waals surface area contributed by atoms with Crippen molar-refractivity contribution < 1.29 is 19.4 Å². The zero-order valence-electron chi connectivity index (χ0n) is 12.6. The first kappa shape index (κ1) is 15.6. The maximum atomic E-state index is 10.6.